The van der Waals surface area contributed by atoms with Gasteiger partial charge in [-0.05, 0) is 24.6 Å². The molecule has 0 atom stereocenters. The van der Waals surface area contributed by atoms with E-state index in [-0.39, 0.29) is 5.75 Å². The molecule has 0 bridgehead atoms. The van der Waals surface area contributed by atoms with E-state index in [4.69, 9.17) is 5.73 Å². The summed E-state index contributed by atoms with van der Waals surface area (Å²) in [7, 11) is 0. The maximum atomic E-state index is 9.99. The first kappa shape index (κ1) is 9.09. The predicted molar refractivity (Wildman–Crippen MR) is 66.6 cm³/mol. The number of rotatable bonds is 0. The molecule has 0 aliphatic heterocycles. The molecular formula is C13H12N2O. The Balaban J connectivity index is 2.64. The highest BCUT2D eigenvalue weighted by atomic mass is 16.3. The van der Waals surface area contributed by atoms with Crippen LogP contribution in [0, 0.1) is 6.92 Å². The molecular weight excluding hydrogens is 200 g/mol. The van der Waals surface area contributed by atoms with Crippen LogP contribution in [0.25, 0.3) is 21.8 Å². The molecule has 16 heavy (non-hydrogen) atoms. The average Bonchev–Trinajstić information content (AvgIpc) is 2.65. The second-order valence-electron chi connectivity index (χ2n) is 4.05. The summed E-state index contributed by atoms with van der Waals surface area (Å²) in [5.74, 6) is 0.277. The zero-order valence-corrected chi connectivity index (χ0v) is 8.91. The standard InChI is InChI=1S/C13H12N2O/c1-7-6-10(16)11-8-4-2-3-5-9(8)15-13(11)12(7)14/h2-6,15-16H,14H2,1H3. The molecule has 0 amide bonds. The number of H-pyrrole nitrogens is 1. The summed E-state index contributed by atoms with van der Waals surface area (Å²) in [6.45, 7) is 1.89. The normalized spacial score (nSPS) is 11.3. The minimum atomic E-state index is 0.277. The number of aromatic amines is 1. The Bertz CT molecular complexity index is 698. The molecule has 3 aromatic rings. The Hall–Kier alpha value is -2.16. The molecule has 1 aromatic heterocycles. The lowest BCUT2D eigenvalue weighted by molar-refractivity contribution is 0.481. The van der Waals surface area contributed by atoms with Crippen molar-refractivity contribution in [2.24, 2.45) is 0 Å². The third-order valence-electron chi connectivity index (χ3n) is 3.01. The molecule has 0 fully saturated rings. The number of nitrogen functional groups attached to an aromatic ring is 1. The summed E-state index contributed by atoms with van der Waals surface area (Å²) in [5, 5.41) is 11.8. The van der Waals surface area contributed by atoms with Crippen LogP contribution in [-0.4, -0.2) is 10.1 Å². The van der Waals surface area contributed by atoms with Crippen LogP contribution < -0.4 is 5.73 Å². The molecule has 3 nitrogen and oxygen atoms in total. The van der Waals surface area contributed by atoms with E-state index in [1.54, 1.807) is 6.07 Å². The maximum Gasteiger partial charge on any atom is 0.125 e. The number of phenolic OH excluding ortho intramolecular Hbond substituents is 1. The van der Waals surface area contributed by atoms with Gasteiger partial charge in [-0.15, -0.1) is 0 Å². The Morgan fingerprint density at radius 1 is 1.25 bits per heavy atom. The number of nitrogens with two attached hydrogens (primary N) is 1. The van der Waals surface area contributed by atoms with Gasteiger partial charge in [-0.3, -0.25) is 0 Å². The van der Waals surface area contributed by atoms with Gasteiger partial charge in [0.2, 0.25) is 0 Å². The van der Waals surface area contributed by atoms with Crippen molar-refractivity contribution in [3.63, 3.8) is 0 Å². The number of anilines is 1. The summed E-state index contributed by atoms with van der Waals surface area (Å²) in [5.41, 5.74) is 9.40. The Morgan fingerprint density at radius 3 is 2.81 bits per heavy atom. The first-order chi connectivity index (χ1) is 7.68. The third-order valence-corrected chi connectivity index (χ3v) is 3.01. The summed E-state index contributed by atoms with van der Waals surface area (Å²) in [6.07, 6.45) is 0. The van der Waals surface area contributed by atoms with E-state index in [1.807, 2.05) is 31.2 Å². The van der Waals surface area contributed by atoms with Gasteiger partial charge in [0.1, 0.15) is 5.75 Å². The number of aromatic nitrogens is 1. The van der Waals surface area contributed by atoms with Gasteiger partial charge < -0.3 is 15.8 Å². The van der Waals surface area contributed by atoms with E-state index in [9.17, 15) is 5.11 Å². The van der Waals surface area contributed by atoms with E-state index in [1.165, 1.54) is 0 Å². The van der Waals surface area contributed by atoms with Crippen LogP contribution >= 0.6 is 0 Å². The molecule has 2 aromatic carbocycles. The van der Waals surface area contributed by atoms with Crippen LogP contribution in [0.5, 0.6) is 5.75 Å². The fourth-order valence-electron chi connectivity index (χ4n) is 2.16. The summed E-state index contributed by atoms with van der Waals surface area (Å²) >= 11 is 0. The van der Waals surface area contributed by atoms with E-state index >= 15 is 0 Å². The number of aromatic hydroxyl groups is 1. The fourth-order valence-corrected chi connectivity index (χ4v) is 2.16. The van der Waals surface area contributed by atoms with Crippen LogP contribution in [0.3, 0.4) is 0 Å². The first-order valence-electron chi connectivity index (χ1n) is 5.17. The molecule has 0 unspecified atom stereocenters. The Labute approximate surface area is 92.5 Å². The number of fused-ring (bicyclic) bond motifs is 3. The molecule has 80 valence electrons. The van der Waals surface area contributed by atoms with Crippen LogP contribution in [0.1, 0.15) is 5.56 Å². The average molecular weight is 212 g/mol. The number of benzene rings is 2. The van der Waals surface area contributed by atoms with Crippen LogP contribution in [-0.2, 0) is 0 Å². The topological polar surface area (TPSA) is 62.0 Å². The molecule has 4 N–H and O–H groups in total. The Morgan fingerprint density at radius 2 is 2.00 bits per heavy atom. The smallest absolute Gasteiger partial charge is 0.125 e. The number of nitrogens with one attached hydrogen (secondary N) is 1. The van der Waals surface area contributed by atoms with Crippen molar-refractivity contribution in [1.82, 2.24) is 4.98 Å². The quantitative estimate of drug-likeness (QED) is 0.396. The zero-order valence-electron chi connectivity index (χ0n) is 8.91. The monoisotopic (exact) mass is 212 g/mol. The van der Waals surface area contributed by atoms with E-state index in [0.717, 1.165) is 27.4 Å². The molecule has 0 aliphatic rings. The van der Waals surface area contributed by atoms with E-state index < -0.39 is 0 Å². The highest BCUT2D eigenvalue weighted by Gasteiger charge is 2.12. The van der Waals surface area contributed by atoms with Gasteiger partial charge in [0, 0.05) is 10.9 Å². The minimum absolute atomic E-state index is 0.277. The van der Waals surface area contributed by atoms with Crippen LogP contribution in [0.15, 0.2) is 30.3 Å². The van der Waals surface area contributed by atoms with Crippen molar-refractivity contribution < 1.29 is 5.11 Å². The maximum absolute atomic E-state index is 9.99. The van der Waals surface area contributed by atoms with Crippen molar-refractivity contribution in [3.8, 4) is 5.75 Å². The van der Waals surface area contributed by atoms with Gasteiger partial charge in [0.05, 0.1) is 16.6 Å². The van der Waals surface area contributed by atoms with Gasteiger partial charge in [0.15, 0.2) is 0 Å². The molecule has 1 heterocycles. The highest BCUT2D eigenvalue weighted by Crippen LogP contribution is 2.37. The van der Waals surface area contributed by atoms with Gasteiger partial charge in [-0.1, -0.05) is 18.2 Å². The lowest BCUT2D eigenvalue weighted by Gasteiger charge is -2.03. The number of hydrogen-bond donors (Lipinski definition) is 3. The first-order valence-corrected chi connectivity index (χ1v) is 5.17. The largest absolute Gasteiger partial charge is 0.507 e. The number of aryl methyl sites for hydroxylation is 1. The third kappa shape index (κ3) is 1.03. The lowest BCUT2D eigenvalue weighted by atomic mass is 10.1. The number of phenols is 1. The van der Waals surface area contributed by atoms with Crippen molar-refractivity contribution in [3.05, 3.63) is 35.9 Å². The van der Waals surface area contributed by atoms with Crippen LogP contribution in [0.4, 0.5) is 5.69 Å². The van der Waals surface area contributed by atoms with Gasteiger partial charge in [-0.2, -0.15) is 0 Å². The fraction of sp³-hybridized carbons (Fsp3) is 0.0769. The predicted octanol–water partition coefficient (Wildman–Crippen LogP) is 2.92. The molecule has 0 spiro atoms. The van der Waals surface area contributed by atoms with E-state index in [0.29, 0.717) is 5.69 Å². The summed E-state index contributed by atoms with van der Waals surface area (Å²) in [6, 6.07) is 9.56. The lowest BCUT2D eigenvalue weighted by Crippen LogP contribution is -1.90. The molecule has 0 saturated carbocycles. The molecule has 3 rings (SSSR count). The molecule has 3 heteroatoms. The number of hydrogen-bond acceptors (Lipinski definition) is 2. The molecule has 0 aliphatic carbocycles. The van der Waals surface area contributed by atoms with Crippen molar-refractivity contribution in [2.75, 3.05) is 5.73 Å². The summed E-state index contributed by atoms with van der Waals surface area (Å²) in [4.78, 5) is 3.24. The highest BCUT2D eigenvalue weighted by molar-refractivity contribution is 6.14. The van der Waals surface area contributed by atoms with Gasteiger partial charge >= 0.3 is 0 Å². The number of para-hydroxylation sites is 1. The van der Waals surface area contributed by atoms with E-state index in [2.05, 4.69) is 4.98 Å². The molecule has 0 saturated heterocycles. The Kier molecular flexibility index (Phi) is 1.66. The van der Waals surface area contributed by atoms with Crippen LogP contribution in [0.2, 0.25) is 0 Å². The van der Waals surface area contributed by atoms with Gasteiger partial charge in [-0.25, -0.2) is 0 Å². The minimum Gasteiger partial charge on any atom is -0.507 e. The van der Waals surface area contributed by atoms with Crippen molar-refractivity contribution in [1.29, 1.82) is 0 Å². The summed E-state index contributed by atoms with van der Waals surface area (Å²) < 4.78 is 0. The van der Waals surface area contributed by atoms with Crippen molar-refractivity contribution in [2.45, 2.75) is 6.92 Å². The zero-order chi connectivity index (χ0) is 11.3. The SMILES string of the molecule is Cc1cc(O)c2c([nH]c3ccccc32)c1N. The second-order valence-corrected chi connectivity index (χ2v) is 4.05. The van der Waals surface area contributed by atoms with Crippen molar-refractivity contribution >= 4 is 27.5 Å². The second kappa shape index (κ2) is 2.92. The van der Waals surface area contributed by atoms with Gasteiger partial charge in [0.25, 0.3) is 0 Å². The molecule has 0 radical (unpaired) electrons.